The number of thiazole rings is 1. The van der Waals surface area contributed by atoms with Crippen LogP contribution in [0.4, 0.5) is 0 Å². The number of carbonyl (C=O) groups is 1. The lowest BCUT2D eigenvalue weighted by Crippen LogP contribution is -2.45. The zero-order valence-corrected chi connectivity index (χ0v) is 19.5. The second-order valence-electron chi connectivity index (χ2n) is 7.94. The molecule has 0 spiro atoms. The number of aliphatic hydroxyl groups is 1. The van der Waals surface area contributed by atoms with Gasteiger partial charge in [-0.2, -0.15) is 0 Å². The number of rotatable bonds is 9. The molecule has 1 aromatic rings. The van der Waals surface area contributed by atoms with Crippen molar-refractivity contribution in [2.75, 3.05) is 5.75 Å². The molecule has 0 saturated carbocycles. The Hall–Kier alpha value is -1.02. The summed E-state index contributed by atoms with van der Waals surface area (Å²) < 4.78 is 0.622. The van der Waals surface area contributed by atoms with E-state index in [0.717, 1.165) is 29.3 Å². The minimum atomic E-state index is -0.823. The third-order valence-corrected chi connectivity index (χ3v) is 7.78. The molecule has 1 aliphatic rings. The quantitative estimate of drug-likeness (QED) is 0.446. The van der Waals surface area contributed by atoms with Crippen LogP contribution in [-0.4, -0.2) is 43.1 Å². The number of aromatic nitrogens is 1. The molecule has 154 valence electrons. The number of allylic oxidation sites excluding steroid dienone is 3. The Bertz CT molecular complexity index is 740. The number of hydrogen-bond donors (Lipinski definition) is 1. The van der Waals surface area contributed by atoms with Gasteiger partial charge < -0.3 is 5.11 Å². The van der Waals surface area contributed by atoms with Crippen LogP contribution in [0.15, 0.2) is 30.2 Å². The van der Waals surface area contributed by atoms with Crippen LogP contribution in [0, 0.1) is 5.92 Å². The molecular formula is C21H30N2O2S3. The highest BCUT2D eigenvalue weighted by molar-refractivity contribution is 8.23. The van der Waals surface area contributed by atoms with E-state index in [1.807, 2.05) is 25.3 Å². The summed E-state index contributed by atoms with van der Waals surface area (Å²) in [6, 6.07) is 0.106. The van der Waals surface area contributed by atoms with Crippen molar-refractivity contribution in [3.8, 4) is 0 Å². The zero-order chi connectivity index (χ0) is 20.9. The molecule has 0 bridgehead atoms. The first kappa shape index (κ1) is 23.3. The van der Waals surface area contributed by atoms with Gasteiger partial charge in [-0.05, 0) is 12.3 Å². The third-order valence-electron chi connectivity index (χ3n) is 5.04. The number of thioether (sulfide) groups is 1. The molecule has 0 aliphatic carbocycles. The number of nitrogens with zero attached hydrogens (tertiary/aromatic N) is 2. The Morgan fingerprint density at radius 1 is 1.50 bits per heavy atom. The van der Waals surface area contributed by atoms with Gasteiger partial charge in [-0.1, -0.05) is 69.9 Å². The summed E-state index contributed by atoms with van der Waals surface area (Å²) in [5.41, 5.74) is 0.370. The van der Waals surface area contributed by atoms with Crippen LogP contribution in [0.3, 0.4) is 0 Å². The predicted octanol–water partition coefficient (Wildman–Crippen LogP) is 4.73. The average molecular weight is 439 g/mol. The van der Waals surface area contributed by atoms with Gasteiger partial charge >= 0.3 is 0 Å². The first-order chi connectivity index (χ1) is 13.2. The van der Waals surface area contributed by atoms with E-state index in [-0.39, 0.29) is 18.4 Å². The molecule has 2 atom stereocenters. The maximum absolute atomic E-state index is 12.9. The fourth-order valence-electron chi connectivity index (χ4n) is 2.97. The van der Waals surface area contributed by atoms with E-state index in [2.05, 4.69) is 32.6 Å². The molecule has 7 heteroatoms. The van der Waals surface area contributed by atoms with Crippen molar-refractivity contribution < 1.29 is 9.90 Å². The van der Waals surface area contributed by atoms with E-state index in [4.69, 9.17) is 17.2 Å². The van der Waals surface area contributed by atoms with Crippen molar-refractivity contribution in [1.82, 2.24) is 9.88 Å². The van der Waals surface area contributed by atoms with Crippen molar-refractivity contribution in [1.29, 1.82) is 0 Å². The van der Waals surface area contributed by atoms with Crippen LogP contribution in [-0.2, 0) is 16.6 Å². The standard InChI is InChI=1S/C21H30N2O2S3/c1-6-7-8-9-10-15-12-27-19(22-15)21(4,5)17(24)11-18(25)23-16(14(2)3)13-28-20(23)26/h6,8-9,12,14,16-17,24H,1,7,10-11,13H2,2-5H3/b9-8+/t16-,17-/m0/s1. The molecule has 0 unspecified atom stereocenters. The molecular weight excluding hydrogens is 408 g/mol. The SMILES string of the molecule is C=CC/C=C/Cc1csc(C(C)(C)[C@@H](O)CC(=O)N2C(=S)SC[C@H]2C(C)C)n1. The van der Waals surface area contributed by atoms with Gasteiger partial charge in [-0.3, -0.25) is 9.69 Å². The Morgan fingerprint density at radius 3 is 2.86 bits per heavy atom. The molecule has 1 saturated heterocycles. The topological polar surface area (TPSA) is 53.4 Å². The maximum Gasteiger partial charge on any atom is 0.230 e. The molecule has 1 amide bonds. The van der Waals surface area contributed by atoms with Crippen LogP contribution in [0.1, 0.15) is 51.2 Å². The van der Waals surface area contributed by atoms with E-state index in [0.29, 0.717) is 10.2 Å². The van der Waals surface area contributed by atoms with Gasteiger partial charge in [-0.15, -0.1) is 17.9 Å². The molecule has 4 nitrogen and oxygen atoms in total. The summed E-state index contributed by atoms with van der Waals surface area (Å²) >= 11 is 8.46. The largest absolute Gasteiger partial charge is 0.392 e. The van der Waals surface area contributed by atoms with E-state index in [1.165, 1.54) is 11.3 Å². The zero-order valence-electron chi connectivity index (χ0n) is 17.1. The highest BCUT2D eigenvalue weighted by Crippen LogP contribution is 2.34. The summed E-state index contributed by atoms with van der Waals surface area (Å²) in [7, 11) is 0. The normalized spacial score (nSPS) is 19.0. The van der Waals surface area contributed by atoms with Gasteiger partial charge in [0.15, 0.2) is 0 Å². The van der Waals surface area contributed by atoms with Crippen LogP contribution < -0.4 is 0 Å². The molecule has 2 heterocycles. The van der Waals surface area contributed by atoms with E-state index in [1.54, 1.807) is 16.7 Å². The number of amides is 1. The van der Waals surface area contributed by atoms with Gasteiger partial charge in [-0.25, -0.2) is 4.98 Å². The third kappa shape index (κ3) is 5.53. The second kappa shape index (κ2) is 10.1. The summed E-state index contributed by atoms with van der Waals surface area (Å²) in [5, 5.41) is 13.7. The highest BCUT2D eigenvalue weighted by atomic mass is 32.2. The summed E-state index contributed by atoms with van der Waals surface area (Å²) in [4.78, 5) is 19.3. The maximum atomic E-state index is 12.9. The van der Waals surface area contributed by atoms with Gasteiger partial charge in [0.2, 0.25) is 5.91 Å². The molecule has 0 aromatic carbocycles. The molecule has 1 fully saturated rings. The van der Waals surface area contributed by atoms with Crippen molar-refractivity contribution >= 4 is 45.5 Å². The monoisotopic (exact) mass is 438 g/mol. The van der Waals surface area contributed by atoms with Gasteiger partial charge in [0, 0.05) is 29.0 Å². The number of aliphatic hydroxyl groups excluding tert-OH is 1. The molecule has 28 heavy (non-hydrogen) atoms. The van der Waals surface area contributed by atoms with Crippen molar-refractivity contribution in [2.45, 2.75) is 64.5 Å². The lowest BCUT2D eigenvalue weighted by Gasteiger charge is -2.31. The van der Waals surface area contributed by atoms with Crippen molar-refractivity contribution in [3.63, 3.8) is 0 Å². The fourth-order valence-corrected chi connectivity index (χ4v) is 5.64. The van der Waals surface area contributed by atoms with E-state index >= 15 is 0 Å². The molecule has 1 aromatic heterocycles. The fraction of sp³-hybridized carbons (Fsp3) is 0.571. The number of hydrogen-bond acceptors (Lipinski definition) is 6. The Balaban J connectivity index is 2.05. The van der Waals surface area contributed by atoms with Crippen LogP contribution >= 0.6 is 35.3 Å². The molecule has 2 rings (SSSR count). The Morgan fingerprint density at radius 2 is 2.21 bits per heavy atom. The van der Waals surface area contributed by atoms with E-state index in [9.17, 15) is 9.90 Å². The number of thiocarbonyl (C=S) groups is 1. The lowest BCUT2D eigenvalue weighted by molar-refractivity contribution is -0.131. The summed E-state index contributed by atoms with van der Waals surface area (Å²) in [5.74, 6) is 1.06. The summed E-state index contributed by atoms with van der Waals surface area (Å²) in [6.45, 7) is 11.8. The Labute approximate surface area is 182 Å². The summed E-state index contributed by atoms with van der Waals surface area (Å²) in [6.07, 6.45) is 6.82. The first-order valence-corrected chi connectivity index (χ1v) is 11.8. The van der Waals surface area contributed by atoms with Crippen molar-refractivity contribution in [2.24, 2.45) is 5.92 Å². The van der Waals surface area contributed by atoms with Gasteiger partial charge in [0.25, 0.3) is 0 Å². The van der Waals surface area contributed by atoms with Crippen LogP contribution in [0.2, 0.25) is 0 Å². The van der Waals surface area contributed by atoms with Crippen LogP contribution in [0.25, 0.3) is 0 Å². The Kier molecular flexibility index (Phi) is 8.43. The minimum Gasteiger partial charge on any atom is -0.392 e. The predicted molar refractivity (Wildman–Crippen MR) is 124 cm³/mol. The molecule has 1 aliphatic heterocycles. The van der Waals surface area contributed by atoms with Gasteiger partial charge in [0.1, 0.15) is 9.33 Å². The smallest absolute Gasteiger partial charge is 0.230 e. The van der Waals surface area contributed by atoms with Gasteiger partial charge in [0.05, 0.1) is 18.2 Å². The van der Waals surface area contributed by atoms with E-state index < -0.39 is 11.5 Å². The highest BCUT2D eigenvalue weighted by Gasteiger charge is 2.40. The minimum absolute atomic E-state index is 0.0467. The van der Waals surface area contributed by atoms with Crippen molar-refractivity contribution in [3.05, 3.63) is 40.9 Å². The number of carbonyl (C=O) groups excluding carboxylic acids is 1. The molecule has 1 N–H and O–H groups in total. The molecule has 0 radical (unpaired) electrons. The second-order valence-corrected chi connectivity index (χ2v) is 10.4. The average Bonchev–Trinajstić information content (AvgIpc) is 3.25. The van der Waals surface area contributed by atoms with Crippen LogP contribution in [0.5, 0.6) is 0 Å². The lowest BCUT2D eigenvalue weighted by atomic mass is 9.85. The first-order valence-electron chi connectivity index (χ1n) is 9.56.